The van der Waals surface area contributed by atoms with Crippen LogP contribution in [0.1, 0.15) is 21.5 Å². The van der Waals surface area contributed by atoms with Crippen molar-refractivity contribution in [2.45, 2.75) is 6.61 Å². The van der Waals surface area contributed by atoms with Gasteiger partial charge in [-0.2, -0.15) is 5.26 Å². The highest BCUT2D eigenvalue weighted by molar-refractivity contribution is 5.90. The van der Waals surface area contributed by atoms with Crippen molar-refractivity contribution in [1.29, 1.82) is 5.26 Å². The Bertz CT molecular complexity index is 437. The number of halogens is 1. The Labute approximate surface area is 85.5 Å². The van der Waals surface area contributed by atoms with Gasteiger partial charge in [-0.3, -0.25) is 0 Å². The van der Waals surface area contributed by atoms with Gasteiger partial charge < -0.3 is 9.84 Å². The molecule has 0 aliphatic heterocycles. The van der Waals surface area contributed by atoms with Crippen LogP contribution in [0.2, 0.25) is 0 Å². The Morgan fingerprint density at radius 1 is 1.67 bits per heavy atom. The molecule has 0 aliphatic rings. The quantitative estimate of drug-likeness (QED) is 0.737. The van der Waals surface area contributed by atoms with Gasteiger partial charge in [-0.05, 0) is 12.1 Å². The summed E-state index contributed by atoms with van der Waals surface area (Å²) in [6.45, 7) is -0.578. The fourth-order valence-electron chi connectivity index (χ4n) is 1.12. The van der Waals surface area contributed by atoms with Gasteiger partial charge in [0.1, 0.15) is 11.9 Å². The molecule has 1 rings (SSSR count). The molecule has 15 heavy (non-hydrogen) atoms. The van der Waals surface area contributed by atoms with Crippen molar-refractivity contribution >= 4 is 5.97 Å². The van der Waals surface area contributed by atoms with E-state index in [4.69, 9.17) is 10.4 Å². The van der Waals surface area contributed by atoms with E-state index in [0.29, 0.717) is 0 Å². The molecule has 0 aliphatic carbocycles. The zero-order valence-electron chi connectivity index (χ0n) is 7.95. The van der Waals surface area contributed by atoms with Crippen LogP contribution >= 0.6 is 0 Å². The molecule has 0 fully saturated rings. The number of aliphatic hydroxyl groups is 1. The number of hydrogen-bond acceptors (Lipinski definition) is 4. The SMILES string of the molecule is COC(=O)c1cc(C#N)c(F)c(CO)c1. The zero-order valence-corrected chi connectivity index (χ0v) is 7.95. The van der Waals surface area contributed by atoms with E-state index >= 15 is 0 Å². The van der Waals surface area contributed by atoms with Gasteiger partial charge in [-0.15, -0.1) is 0 Å². The topological polar surface area (TPSA) is 70.3 Å². The summed E-state index contributed by atoms with van der Waals surface area (Å²) in [6.07, 6.45) is 0. The van der Waals surface area contributed by atoms with Crippen molar-refractivity contribution in [3.05, 3.63) is 34.6 Å². The van der Waals surface area contributed by atoms with E-state index in [-0.39, 0.29) is 16.7 Å². The van der Waals surface area contributed by atoms with E-state index in [1.807, 2.05) is 0 Å². The Morgan fingerprint density at radius 3 is 2.80 bits per heavy atom. The molecular formula is C10H8FNO3. The molecule has 0 spiro atoms. The van der Waals surface area contributed by atoms with Crippen LogP contribution in [0.15, 0.2) is 12.1 Å². The number of benzene rings is 1. The molecular weight excluding hydrogens is 201 g/mol. The predicted molar refractivity (Wildman–Crippen MR) is 48.4 cm³/mol. The maximum Gasteiger partial charge on any atom is 0.337 e. The third-order valence-corrected chi connectivity index (χ3v) is 1.86. The summed E-state index contributed by atoms with van der Waals surface area (Å²) in [5.41, 5.74) is -0.351. The Kier molecular flexibility index (Phi) is 3.37. The largest absolute Gasteiger partial charge is 0.465 e. The first-order chi connectivity index (χ1) is 7.13. The standard InChI is InChI=1S/C10H8FNO3/c1-15-10(14)6-2-7(4-12)9(11)8(3-6)5-13/h2-3,13H,5H2,1H3. The van der Waals surface area contributed by atoms with Gasteiger partial charge in [0.25, 0.3) is 0 Å². The van der Waals surface area contributed by atoms with Crippen molar-refractivity contribution in [3.63, 3.8) is 0 Å². The van der Waals surface area contributed by atoms with E-state index in [9.17, 15) is 9.18 Å². The summed E-state index contributed by atoms with van der Waals surface area (Å²) in [7, 11) is 1.18. The average Bonchev–Trinajstić information content (AvgIpc) is 2.28. The fraction of sp³-hybridized carbons (Fsp3) is 0.200. The van der Waals surface area contributed by atoms with Crippen LogP contribution in [-0.4, -0.2) is 18.2 Å². The summed E-state index contributed by atoms with van der Waals surface area (Å²) < 4.78 is 17.7. The second-order valence-corrected chi connectivity index (χ2v) is 2.76. The second-order valence-electron chi connectivity index (χ2n) is 2.76. The maximum atomic E-state index is 13.3. The normalized spacial score (nSPS) is 9.47. The molecule has 0 bridgehead atoms. The van der Waals surface area contributed by atoms with E-state index in [0.717, 1.165) is 12.1 Å². The summed E-state index contributed by atoms with van der Waals surface area (Å²) in [4.78, 5) is 11.1. The molecule has 0 atom stereocenters. The minimum atomic E-state index is -0.812. The van der Waals surface area contributed by atoms with Crippen molar-refractivity contribution < 1.29 is 19.0 Å². The number of carbonyl (C=O) groups excluding carboxylic acids is 1. The van der Waals surface area contributed by atoms with Gasteiger partial charge in [-0.1, -0.05) is 0 Å². The minimum absolute atomic E-state index is 0.0412. The highest BCUT2D eigenvalue weighted by Crippen LogP contribution is 2.16. The van der Waals surface area contributed by atoms with Crippen molar-refractivity contribution in [1.82, 2.24) is 0 Å². The molecule has 0 saturated heterocycles. The minimum Gasteiger partial charge on any atom is -0.465 e. The molecule has 0 radical (unpaired) electrons. The Morgan fingerprint density at radius 2 is 2.33 bits per heavy atom. The van der Waals surface area contributed by atoms with E-state index < -0.39 is 18.4 Å². The lowest BCUT2D eigenvalue weighted by Gasteiger charge is -2.04. The molecule has 1 aromatic rings. The van der Waals surface area contributed by atoms with Crippen LogP contribution in [0.25, 0.3) is 0 Å². The molecule has 1 N–H and O–H groups in total. The van der Waals surface area contributed by atoms with Crippen LogP contribution in [-0.2, 0) is 11.3 Å². The van der Waals surface area contributed by atoms with Crippen LogP contribution in [0.3, 0.4) is 0 Å². The molecule has 78 valence electrons. The summed E-state index contributed by atoms with van der Waals surface area (Å²) >= 11 is 0. The molecule has 0 unspecified atom stereocenters. The average molecular weight is 209 g/mol. The molecule has 0 amide bonds. The number of nitriles is 1. The van der Waals surface area contributed by atoms with Crippen LogP contribution in [0, 0.1) is 17.1 Å². The lowest BCUT2D eigenvalue weighted by atomic mass is 10.1. The number of methoxy groups -OCH3 is 1. The summed E-state index contributed by atoms with van der Waals surface area (Å²) in [5.74, 6) is -1.49. The molecule has 5 heteroatoms. The number of aliphatic hydroxyl groups excluding tert-OH is 1. The summed E-state index contributed by atoms with van der Waals surface area (Å²) in [6, 6.07) is 3.83. The van der Waals surface area contributed by atoms with E-state index in [1.165, 1.54) is 7.11 Å². The van der Waals surface area contributed by atoms with E-state index in [2.05, 4.69) is 4.74 Å². The predicted octanol–water partition coefficient (Wildman–Crippen LogP) is 0.976. The van der Waals surface area contributed by atoms with Crippen molar-refractivity contribution in [2.75, 3.05) is 7.11 Å². The highest BCUT2D eigenvalue weighted by Gasteiger charge is 2.14. The Hall–Kier alpha value is -1.93. The van der Waals surface area contributed by atoms with Crippen LogP contribution in [0.5, 0.6) is 0 Å². The number of esters is 1. The first-order valence-corrected chi connectivity index (χ1v) is 4.05. The smallest absolute Gasteiger partial charge is 0.337 e. The van der Waals surface area contributed by atoms with Gasteiger partial charge in [0, 0.05) is 5.56 Å². The number of nitrogens with zero attached hydrogens (tertiary/aromatic N) is 1. The monoisotopic (exact) mass is 209 g/mol. The van der Waals surface area contributed by atoms with E-state index in [1.54, 1.807) is 6.07 Å². The lowest BCUT2D eigenvalue weighted by Crippen LogP contribution is -2.05. The van der Waals surface area contributed by atoms with Gasteiger partial charge in [0.15, 0.2) is 0 Å². The van der Waals surface area contributed by atoms with Gasteiger partial charge in [0.2, 0.25) is 0 Å². The number of hydrogen-bond donors (Lipinski definition) is 1. The molecule has 4 nitrogen and oxygen atoms in total. The third-order valence-electron chi connectivity index (χ3n) is 1.86. The molecule has 0 aromatic heterocycles. The lowest BCUT2D eigenvalue weighted by molar-refractivity contribution is 0.0600. The fourth-order valence-corrected chi connectivity index (χ4v) is 1.12. The first-order valence-electron chi connectivity index (χ1n) is 4.05. The van der Waals surface area contributed by atoms with Gasteiger partial charge in [0.05, 0.1) is 24.8 Å². The van der Waals surface area contributed by atoms with Gasteiger partial charge in [-0.25, -0.2) is 9.18 Å². The first kappa shape index (κ1) is 11.1. The maximum absolute atomic E-state index is 13.3. The van der Waals surface area contributed by atoms with Crippen LogP contribution in [0.4, 0.5) is 4.39 Å². The molecule has 0 saturated carbocycles. The van der Waals surface area contributed by atoms with Crippen molar-refractivity contribution in [3.8, 4) is 6.07 Å². The highest BCUT2D eigenvalue weighted by atomic mass is 19.1. The number of ether oxygens (including phenoxy) is 1. The molecule has 0 heterocycles. The van der Waals surface area contributed by atoms with Crippen LogP contribution < -0.4 is 0 Å². The zero-order chi connectivity index (χ0) is 11.4. The number of rotatable bonds is 2. The second kappa shape index (κ2) is 4.53. The van der Waals surface area contributed by atoms with Gasteiger partial charge >= 0.3 is 5.97 Å². The van der Waals surface area contributed by atoms with Crippen molar-refractivity contribution in [2.24, 2.45) is 0 Å². The Balaban J connectivity index is 3.34. The number of carbonyl (C=O) groups is 1. The third kappa shape index (κ3) is 2.11. The molecule has 1 aromatic carbocycles. The summed E-state index contributed by atoms with van der Waals surface area (Å²) in [5, 5.41) is 17.4.